The Labute approximate surface area is 164 Å². The first-order chi connectivity index (χ1) is 12.9. The summed E-state index contributed by atoms with van der Waals surface area (Å²) >= 11 is 12.0. The van der Waals surface area contributed by atoms with Crippen LogP contribution in [0.25, 0.3) is 5.69 Å². The molecule has 0 fully saturated rings. The first kappa shape index (κ1) is 17.7. The summed E-state index contributed by atoms with van der Waals surface area (Å²) in [6, 6.07) is 13.2. The van der Waals surface area contributed by atoms with E-state index in [0.717, 1.165) is 4.57 Å². The number of ether oxygens (including phenoxy) is 1. The monoisotopic (exact) mass is 404 g/mol. The van der Waals surface area contributed by atoms with Crippen molar-refractivity contribution in [1.29, 1.82) is 0 Å². The van der Waals surface area contributed by atoms with Crippen molar-refractivity contribution in [3.63, 3.8) is 0 Å². The minimum Gasteiger partial charge on any atom is -0.493 e. The average molecular weight is 405 g/mol. The van der Waals surface area contributed by atoms with E-state index in [9.17, 15) is 14.7 Å². The van der Waals surface area contributed by atoms with Crippen LogP contribution in [0.3, 0.4) is 0 Å². The molecule has 0 saturated heterocycles. The summed E-state index contributed by atoms with van der Waals surface area (Å²) in [4.78, 5) is 24.9. The van der Waals surface area contributed by atoms with Gasteiger partial charge in [0.05, 0.1) is 23.5 Å². The third-order valence-electron chi connectivity index (χ3n) is 4.41. The van der Waals surface area contributed by atoms with Crippen LogP contribution < -0.4 is 5.69 Å². The topological polar surface area (TPSA) is 73.5 Å². The number of imidazole rings is 1. The molecule has 0 amide bonds. The van der Waals surface area contributed by atoms with Gasteiger partial charge in [-0.05, 0) is 30.3 Å². The van der Waals surface area contributed by atoms with Crippen LogP contribution in [0.4, 0.5) is 0 Å². The number of hydrogen-bond donors (Lipinski definition) is 1. The standard InChI is InChI=1S/C19H14Cl2N2O4/c20-12-6-13(21)8-14(7-12)23-17(24)16-9-15(10-22(16)19(23)26)27-18(25)11-4-2-1-3-5-11/h1-8,15,24H,9-10H2/t15-/m1/s1. The van der Waals surface area contributed by atoms with E-state index in [1.54, 1.807) is 30.3 Å². The Balaban J connectivity index is 1.60. The summed E-state index contributed by atoms with van der Waals surface area (Å²) < 4.78 is 8.01. The highest BCUT2D eigenvalue weighted by Crippen LogP contribution is 2.30. The maximum absolute atomic E-state index is 12.7. The quantitative estimate of drug-likeness (QED) is 0.678. The molecule has 138 valence electrons. The molecule has 2 heterocycles. The molecule has 0 aliphatic carbocycles. The van der Waals surface area contributed by atoms with Gasteiger partial charge in [-0.15, -0.1) is 0 Å². The second kappa shape index (κ2) is 6.79. The van der Waals surface area contributed by atoms with E-state index in [1.165, 1.54) is 22.8 Å². The molecule has 1 aliphatic rings. The van der Waals surface area contributed by atoms with Crippen molar-refractivity contribution >= 4 is 29.2 Å². The molecule has 8 heteroatoms. The predicted molar refractivity (Wildman–Crippen MR) is 101 cm³/mol. The van der Waals surface area contributed by atoms with Gasteiger partial charge < -0.3 is 9.84 Å². The molecular weight excluding hydrogens is 391 g/mol. The Morgan fingerprint density at radius 2 is 1.78 bits per heavy atom. The molecule has 27 heavy (non-hydrogen) atoms. The van der Waals surface area contributed by atoms with E-state index in [2.05, 4.69) is 0 Å². The number of fused-ring (bicyclic) bond motifs is 1. The second-order valence-electron chi connectivity index (χ2n) is 6.22. The predicted octanol–water partition coefficient (Wildman–Crippen LogP) is 3.43. The highest BCUT2D eigenvalue weighted by atomic mass is 35.5. The fourth-order valence-electron chi connectivity index (χ4n) is 3.22. The Morgan fingerprint density at radius 1 is 1.11 bits per heavy atom. The van der Waals surface area contributed by atoms with E-state index in [1.807, 2.05) is 0 Å². The summed E-state index contributed by atoms with van der Waals surface area (Å²) in [7, 11) is 0. The number of benzene rings is 2. The highest BCUT2D eigenvalue weighted by Gasteiger charge is 2.32. The fraction of sp³-hybridized carbons (Fsp3) is 0.158. The summed E-state index contributed by atoms with van der Waals surface area (Å²) in [5.74, 6) is -0.676. The number of hydrogen-bond acceptors (Lipinski definition) is 4. The summed E-state index contributed by atoms with van der Waals surface area (Å²) in [5, 5.41) is 11.3. The van der Waals surface area contributed by atoms with Crippen LogP contribution >= 0.6 is 23.2 Å². The number of nitrogens with zero attached hydrogens (tertiary/aromatic N) is 2. The lowest BCUT2D eigenvalue weighted by Crippen LogP contribution is -2.27. The first-order valence-electron chi connectivity index (χ1n) is 8.20. The minimum absolute atomic E-state index is 0.168. The zero-order chi connectivity index (χ0) is 19.1. The van der Waals surface area contributed by atoms with Crippen LogP contribution in [0, 0.1) is 0 Å². The summed E-state index contributed by atoms with van der Waals surface area (Å²) in [5.41, 5.74) is 0.764. The Kier molecular flexibility index (Phi) is 4.45. The molecule has 1 atom stereocenters. The van der Waals surface area contributed by atoms with E-state index in [4.69, 9.17) is 27.9 Å². The molecule has 0 saturated carbocycles. The molecule has 0 unspecified atom stereocenters. The SMILES string of the molecule is O=C(O[C@@H]1Cc2c(O)n(-c3cc(Cl)cc(Cl)c3)c(=O)n2C1)c1ccccc1. The molecular formula is C19H14Cl2N2O4. The van der Waals surface area contributed by atoms with E-state index in [0.29, 0.717) is 27.0 Å². The molecule has 1 aliphatic heterocycles. The highest BCUT2D eigenvalue weighted by molar-refractivity contribution is 6.34. The Morgan fingerprint density at radius 3 is 2.41 bits per heavy atom. The van der Waals surface area contributed by atoms with Crippen LogP contribution in [-0.2, 0) is 17.7 Å². The number of carbonyl (C=O) groups excluding carboxylic acids is 1. The zero-order valence-electron chi connectivity index (χ0n) is 13.9. The number of aromatic nitrogens is 2. The molecule has 1 aromatic heterocycles. The van der Waals surface area contributed by atoms with Crippen LogP contribution in [-0.4, -0.2) is 26.3 Å². The van der Waals surface area contributed by atoms with Crippen molar-refractivity contribution in [2.75, 3.05) is 0 Å². The van der Waals surface area contributed by atoms with Crippen LogP contribution in [0.1, 0.15) is 16.1 Å². The van der Waals surface area contributed by atoms with Gasteiger partial charge in [-0.25, -0.2) is 14.2 Å². The first-order valence-corrected chi connectivity index (χ1v) is 8.95. The smallest absolute Gasteiger partial charge is 0.338 e. The maximum Gasteiger partial charge on any atom is 0.338 e. The van der Waals surface area contributed by atoms with Crippen LogP contribution in [0.2, 0.25) is 10.0 Å². The van der Waals surface area contributed by atoms with Gasteiger partial charge in [-0.3, -0.25) is 4.57 Å². The van der Waals surface area contributed by atoms with E-state index in [-0.39, 0.29) is 18.8 Å². The van der Waals surface area contributed by atoms with E-state index < -0.39 is 17.8 Å². The molecule has 0 spiro atoms. The Bertz CT molecular complexity index is 1070. The van der Waals surface area contributed by atoms with Crippen molar-refractivity contribution in [2.45, 2.75) is 19.1 Å². The fourth-order valence-corrected chi connectivity index (χ4v) is 3.74. The van der Waals surface area contributed by atoms with Crippen molar-refractivity contribution < 1.29 is 14.6 Å². The van der Waals surface area contributed by atoms with Gasteiger partial charge in [0.2, 0.25) is 5.88 Å². The number of aromatic hydroxyl groups is 1. The molecule has 2 aromatic carbocycles. The summed E-state index contributed by atoms with van der Waals surface area (Å²) in [6.45, 7) is 0.168. The average Bonchev–Trinajstić information content (AvgIpc) is 3.14. The largest absolute Gasteiger partial charge is 0.493 e. The van der Waals surface area contributed by atoms with Gasteiger partial charge in [-0.2, -0.15) is 0 Å². The van der Waals surface area contributed by atoms with E-state index >= 15 is 0 Å². The van der Waals surface area contributed by atoms with Gasteiger partial charge in [-0.1, -0.05) is 41.4 Å². The zero-order valence-corrected chi connectivity index (χ0v) is 15.4. The second-order valence-corrected chi connectivity index (χ2v) is 7.10. The summed E-state index contributed by atoms with van der Waals surface area (Å²) in [6.07, 6.45) is -0.287. The third kappa shape index (κ3) is 3.22. The van der Waals surface area contributed by atoms with Crippen molar-refractivity contribution in [3.8, 4) is 11.6 Å². The number of rotatable bonds is 3. The lowest BCUT2D eigenvalue weighted by molar-refractivity contribution is 0.0302. The molecule has 0 radical (unpaired) electrons. The molecule has 6 nitrogen and oxygen atoms in total. The van der Waals surface area contributed by atoms with Crippen LogP contribution in [0.5, 0.6) is 5.88 Å². The molecule has 0 bridgehead atoms. The third-order valence-corrected chi connectivity index (χ3v) is 4.85. The lowest BCUT2D eigenvalue weighted by Gasteiger charge is -2.12. The number of halogens is 2. The molecule has 1 N–H and O–H groups in total. The van der Waals surface area contributed by atoms with Gasteiger partial charge in [0, 0.05) is 16.5 Å². The number of carbonyl (C=O) groups is 1. The normalized spacial score (nSPS) is 15.6. The Hall–Kier alpha value is -2.70. The number of esters is 1. The van der Waals surface area contributed by atoms with Gasteiger partial charge in [0.25, 0.3) is 0 Å². The molecule has 4 rings (SSSR count). The molecule has 3 aromatic rings. The minimum atomic E-state index is -0.524. The lowest BCUT2D eigenvalue weighted by atomic mass is 10.2. The van der Waals surface area contributed by atoms with Crippen molar-refractivity contribution in [3.05, 3.63) is 80.3 Å². The van der Waals surface area contributed by atoms with Gasteiger partial charge in [0.1, 0.15) is 6.10 Å². The maximum atomic E-state index is 12.7. The van der Waals surface area contributed by atoms with Gasteiger partial charge >= 0.3 is 11.7 Å². The van der Waals surface area contributed by atoms with Crippen molar-refractivity contribution in [1.82, 2.24) is 9.13 Å². The van der Waals surface area contributed by atoms with Crippen molar-refractivity contribution in [2.24, 2.45) is 0 Å². The van der Waals surface area contributed by atoms with Gasteiger partial charge in [0.15, 0.2) is 0 Å². The van der Waals surface area contributed by atoms with Crippen LogP contribution in [0.15, 0.2) is 53.3 Å².